The molecule has 0 fully saturated rings. The van der Waals surface area contributed by atoms with Crippen molar-refractivity contribution in [2.45, 2.75) is 6.54 Å². The van der Waals surface area contributed by atoms with Crippen molar-refractivity contribution >= 4 is 5.97 Å². The number of methoxy groups -OCH3 is 1. The number of hydrogen-bond donors (Lipinski definition) is 0. The molecule has 0 N–H and O–H groups in total. The maximum absolute atomic E-state index is 10.7. The van der Waals surface area contributed by atoms with Gasteiger partial charge in [-0.3, -0.25) is 0 Å². The number of carbonyl (C=O) groups excluding carboxylic acids is 1. The lowest BCUT2D eigenvalue weighted by molar-refractivity contribution is -0.743. The highest BCUT2D eigenvalue weighted by Crippen LogP contribution is 1.74. The number of halogens is 1. The number of aromatic nitrogens is 2. The van der Waals surface area contributed by atoms with Gasteiger partial charge in [0.05, 0.1) is 13.3 Å². The van der Waals surface area contributed by atoms with Gasteiger partial charge in [0.1, 0.15) is 0 Å². The molecule has 1 aromatic heterocycles. The van der Waals surface area contributed by atoms with Crippen LogP contribution >= 0.6 is 0 Å². The Morgan fingerprint density at radius 2 is 2.33 bits per heavy atom. The Bertz CT molecular complexity index is 240. The molecule has 0 aliphatic rings. The van der Waals surface area contributed by atoms with E-state index in [9.17, 15) is 4.79 Å². The second kappa shape index (κ2) is 5.65. The second-order valence-corrected chi connectivity index (χ2v) is 1.97. The molecule has 0 aliphatic heterocycles. The summed E-state index contributed by atoms with van der Waals surface area (Å²) in [6.45, 7) is 0.164. The van der Waals surface area contributed by atoms with Crippen molar-refractivity contribution in [1.29, 1.82) is 0 Å². The van der Waals surface area contributed by atoms with Gasteiger partial charge in [-0.15, -0.1) is 0 Å². The third kappa shape index (κ3) is 3.43. The van der Waals surface area contributed by atoms with Crippen LogP contribution in [-0.2, 0) is 16.1 Å². The number of nitrogens with zero attached hydrogens (tertiary/aromatic N) is 2. The maximum atomic E-state index is 10.7. The molecule has 0 radical (unpaired) electrons. The zero-order valence-corrected chi connectivity index (χ0v) is 8.19. The number of ether oxygens (including phenoxy) is 1. The largest absolute Gasteiger partial charge is 1.00 e. The Morgan fingerprint density at radius 3 is 2.83 bits per heavy atom. The second-order valence-electron chi connectivity index (χ2n) is 1.97. The monoisotopic (exact) mass is 232 g/mol. The summed E-state index contributed by atoms with van der Waals surface area (Å²) in [5.41, 5.74) is 0. The van der Waals surface area contributed by atoms with Crippen molar-refractivity contribution in [1.82, 2.24) is 5.10 Å². The van der Waals surface area contributed by atoms with Crippen LogP contribution < -0.4 is 21.7 Å². The summed E-state index contributed by atoms with van der Waals surface area (Å²) < 4.78 is 5.96. The lowest BCUT2D eigenvalue weighted by Crippen LogP contribution is -3.00. The van der Waals surface area contributed by atoms with Crippen molar-refractivity contribution in [3.63, 3.8) is 0 Å². The summed E-state index contributed by atoms with van der Waals surface area (Å²) in [4.78, 5) is 10.7. The normalized spacial score (nSPS) is 8.42. The van der Waals surface area contributed by atoms with Crippen LogP contribution in [0.25, 0.3) is 0 Å². The Kier molecular flexibility index (Phi) is 5.19. The molecule has 4 nitrogen and oxygen atoms in total. The topological polar surface area (TPSA) is 43.1 Å². The van der Waals surface area contributed by atoms with E-state index in [0.29, 0.717) is 0 Å². The van der Waals surface area contributed by atoms with Crippen molar-refractivity contribution in [3.8, 4) is 0 Å². The van der Waals surface area contributed by atoms with Crippen LogP contribution in [0.4, 0.5) is 0 Å². The molecule has 5 heteroatoms. The van der Waals surface area contributed by atoms with E-state index >= 15 is 0 Å². The fraction of sp³-hybridized carbons (Fsp3) is 0.286. The molecule has 0 aromatic carbocycles. The van der Waals surface area contributed by atoms with Crippen molar-refractivity contribution in [2.75, 3.05) is 7.11 Å². The van der Waals surface area contributed by atoms with E-state index < -0.39 is 0 Å². The van der Waals surface area contributed by atoms with Gasteiger partial charge < -0.3 is 21.7 Å². The average molecular weight is 233 g/mol. The Balaban J connectivity index is 0.00000121. The fourth-order valence-corrected chi connectivity index (χ4v) is 0.652. The van der Waals surface area contributed by atoms with Crippen LogP contribution in [0.15, 0.2) is 24.5 Å². The van der Waals surface area contributed by atoms with Crippen LogP contribution in [0.5, 0.6) is 0 Å². The van der Waals surface area contributed by atoms with Crippen LogP contribution in [-0.4, -0.2) is 18.2 Å². The van der Waals surface area contributed by atoms with Crippen LogP contribution in [0, 0.1) is 0 Å². The molecule has 0 aliphatic carbocycles. The molecule has 0 saturated carbocycles. The van der Waals surface area contributed by atoms with Crippen molar-refractivity contribution in [3.05, 3.63) is 24.5 Å². The minimum Gasteiger partial charge on any atom is -1.00 e. The number of carbonyl (C=O) groups is 1. The summed E-state index contributed by atoms with van der Waals surface area (Å²) in [5, 5.41) is 3.88. The van der Waals surface area contributed by atoms with Crippen LogP contribution in [0.1, 0.15) is 0 Å². The maximum Gasteiger partial charge on any atom is 0.374 e. The first-order valence-electron chi connectivity index (χ1n) is 3.20. The molecule has 0 saturated heterocycles. The van der Waals surface area contributed by atoms with Gasteiger partial charge in [-0.25, -0.2) is 4.79 Å². The molecule has 0 amide bonds. The van der Waals surface area contributed by atoms with E-state index in [4.69, 9.17) is 0 Å². The lowest BCUT2D eigenvalue weighted by Gasteiger charge is -1.91. The van der Waals surface area contributed by atoms with Gasteiger partial charge >= 0.3 is 5.97 Å². The van der Waals surface area contributed by atoms with E-state index in [2.05, 4.69) is 9.84 Å². The lowest BCUT2D eigenvalue weighted by atomic mass is 10.6. The Hall–Kier alpha value is -0.970. The zero-order chi connectivity index (χ0) is 8.10. The summed E-state index contributed by atoms with van der Waals surface area (Å²) in [7, 11) is 1.35. The van der Waals surface area contributed by atoms with Gasteiger partial charge in [0.2, 0.25) is 0 Å². The molecule has 0 bridgehead atoms. The molecule has 66 valence electrons. The molecular weight excluding hydrogens is 224 g/mol. The fourth-order valence-electron chi connectivity index (χ4n) is 0.652. The predicted octanol–water partition coefficient (Wildman–Crippen LogP) is -3.45. The van der Waals surface area contributed by atoms with Crippen LogP contribution in [0.2, 0.25) is 0 Å². The average Bonchev–Trinajstić information content (AvgIpc) is 2.06. The van der Waals surface area contributed by atoms with Gasteiger partial charge in [-0.2, -0.15) is 0 Å². The van der Waals surface area contributed by atoms with Crippen molar-refractivity contribution < 1.29 is 31.2 Å². The highest BCUT2D eigenvalue weighted by Gasteiger charge is 2.08. The third-order valence-electron chi connectivity index (χ3n) is 1.19. The Morgan fingerprint density at radius 1 is 1.58 bits per heavy atom. The molecule has 12 heavy (non-hydrogen) atoms. The molecule has 1 rings (SSSR count). The molecule has 1 heterocycles. The number of esters is 1. The summed E-state index contributed by atoms with van der Waals surface area (Å²) >= 11 is 0. The smallest absolute Gasteiger partial charge is 0.374 e. The number of rotatable bonds is 2. The number of hydrogen-bond acceptors (Lipinski definition) is 3. The molecule has 0 unspecified atom stereocenters. The van der Waals surface area contributed by atoms with E-state index in [1.807, 2.05) is 0 Å². The summed E-state index contributed by atoms with van der Waals surface area (Å²) in [6.07, 6.45) is 3.32. The zero-order valence-electron chi connectivity index (χ0n) is 6.61. The first kappa shape index (κ1) is 11.0. The summed E-state index contributed by atoms with van der Waals surface area (Å²) in [6, 6.07) is 3.59. The predicted molar refractivity (Wildman–Crippen MR) is 36.4 cm³/mol. The molecule has 0 spiro atoms. The highest BCUT2D eigenvalue weighted by molar-refractivity contribution is 5.67. The van der Waals surface area contributed by atoms with E-state index in [-0.39, 0.29) is 29.5 Å². The molecule has 1 aromatic rings. The SMILES string of the molecule is COC(=O)C[n+]1ccccn1.[Br-]. The highest BCUT2D eigenvalue weighted by atomic mass is 79.9. The van der Waals surface area contributed by atoms with Gasteiger partial charge in [-0.05, 0) is 11.2 Å². The third-order valence-corrected chi connectivity index (χ3v) is 1.19. The minimum absolute atomic E-state index is 0. The van der Waals surface area contributed by atoms with E-state index in [0.717, 1.165) is 0 Å². The first-order valence-corrected chi connectivity index (χ1v) is 3.20. The standard InChI is InChI=1S/C7H9N2O2.BrH/c1-11-7(10)6-9-5-3-2-4-8-9;/h2-5H,6H2,1H3;1H/q+1;/p-1. The van der Waals surface area contributed by atoms with E-state index in [1.54, 1.807) is 24.5 Å². The van der Waals surface area contributed by atoms with E-state index in [1.165, 1.54) is 11.8 Å². The minimum atomic E-state index is -0.297. The van der Waals surface area contributed by atoms with Gasteiger partial charge in [-0.1, -0.05) is 4.68 Å². The Labute approximate surface area is 80.9 Å². The molecule has 0 atom stereocenters. The van der Waals surface area contributed by atoms with Crippen molar-refractivity contribution in [2.24, 2.45) is 0 Å². The summed E-state index contributed by atoms with van der Waals surface area (Å²) in [5.74, 6) is -0.297. The quantitative estimate of drug-likeness (QED) is 0.394. The van der Waals surface area contributed by atoms with Gasteiger partial charge in [0.25, 0.3) is 6.54 Å². The van der Waals surface area contributed by atoms with Crippen LogP contribution in [0.3, 0.4) is 0 Å². The first-order chi connectivity index (χ1) is 5.33. The van der Waals surface area contributed by atoms with Gasteiger partial charge in [0.15, 0.2) is 6.20 Å². The molecular formula is C7H9BrN2O2. The van der Waals surface area contributed by atoms with Gasteiger partial charge in [0, 0.05) is 6.07 Å².